The summed E-state index contributed by atoms with van der Waals surface area (Å²) in [7, 11) is 1.69. The molecule has 1 aromatic heterocycles. The summed E-state index contributed by atoms with van der Waals surface area (Å²) < 4.78 is 7.18. The third-order valence-electron chi connectivity index (χ3n) is 5.80. The standard InChI is InChI=1S/C22H21N3O3/c1-24-21(26)18-10-11-25(12-20(18)23-24)22(27)28-13-19-16-8-4-2-6-14(16)15-7-3-5-9-17(15)19/h2-9,19,23H,10-13H2,1H3. The van der Waals surface area contributed by atoms with Gasteiger partial charge in [0.05, 0.1) is 12.2 Å². The van der Waals surface area contributed by atoms with Gasteiger partial charge in [0.15, 0.2) is 0 Å². The van der Waals surface area contributed by atoms with Crippen LogP contribution in [0.2, 0.25) is 0 Å². The fourth-order valence-electron chi connectivity index (χ4n) is 4.40. The summed E-state index contributed by atoms with van der Waals surface area (Å²) >= 11 is 0. The van der Waals surface area contributed by atoms with Gasteiger partial charge in [0.2, 0.25) is 0 Å². The van der Waals surface area contributed by atoms with Crippen LogP contribution in [0.4, 0.5) is 4.79 Å². The van der Waals surface area contributed by atoms with E-state index in [1.807, 2.05) is 24.3 Å². The van der Waals surface area contributed by atoms with E-state index in [9.17, 15) is 9.59 Å². The van der Waals surface area contributed by atoms with Crippen LogP contribution in [0.1, 0.15) is 28.3 Å². The lowest BCUT2D eigenvalue weighted by atomic mass is 9.98. The molecule has 1 amide bonds. The lowest BCUT2D eigenvalue weighted by Gasteiger charge is -2.26. The van der Waals surface area contributed by atoms with Gasteiger partial charge in [0.1, 0.15) is 6.61 Å². The Morgan fingerprint density at radius 3 is 2.43 bits per heavy atom. The van der Waals surface area contributed by atoms with Gasteiger partial charge >= 0.3 is 6.09 Å². The van der Waals surface area contributed by atoms with Gasteiger partial charge in [-0.05, 0) is 28.7 Å². The summed E-state index contributed by atoms with van der Waals surface area (Å²) in [5.41, 5.74) is 6.38. The number of aromatic amines is 1. The van der Waals surface area contributed by atoms with Crippen molar-refractivity contribution >= 4 is 6.09 Å². The highest BCUT2D eigenvalue weighted by Crippen LogP contribution is 2.44. The molecule has 0 unspecified atom stereocenters. The topological polar surface area (TPSA) is 67.3 Å². The van der Waals surface area contributed by atoms with E-state index in [0.717, 1.165) is 11.3 Å². The van der Waals surface area contributed by atoms with E-state index in [4.69, 9.17) is 4.74 Å². The van der Waals surface area contributed by atoms with Crippen molar-refractivity contribution in [2.24, 2.45) is 7.05 Å². The molecule has 0 saturated carbocycles. The summed E-state index contributed by atoms with van der Waals surface area (Å²) in [5, 5.41) is 3.03. The van der Waals surface area contributed by atoms with Crippen LogP contribution >= 0.6 is 0 Å². The number of aryl methyl sites for hydroxylation is 1. The van der Waals surface area contributed by atoms with Crippen LogP contribution in [0, 0.1) is 0 Å². The maximum Gasteiger partial charge on any atom is 0.410 e. The van der Waals surface area contributed by atoms with Crippen molar-refractivity contribution in [1.82, 2.24) is 14.7 Å². The predicted molar refractivity (Wildman–Crippen MR) is 105 cm³/mol. The van der Waals surface area contributed by atoms with Crippen LogP contribution in [0.3, 0.4) is 0 Å². The molecule has 1 N–H and O–H groups in total. The first-order valence-corrected chi connectivity index (χ1v) is 9.50. The SMILES string of the molecule is Cn1[nH]c2c(c1=O)CCN(C(=O)OCC1c3ccccc3-c3ccccc31)C2. The molecule has 1 aliphatic carbocycles. The monoisotopic (exact) mass is 375 g/mol. The molecule has 2 aliphatic rings. The molecule has 0 saturated heterocycles. The molecule has 0 radical (unpaired) electrons. The largest absolute Gasteiger partial charge is 0.448 e. The van der Waals surface area contributed by atoms with E-state index < -0.39 is 0 Å². The number of carbonyl (C=O) groups is 1. The van der Waals surface area contributed by atoms with Crippen LogP contribution < -0.4 is 5.56 Å². The lowest BCUT2D eigenvalue weighted by molar-refractivity contribution is 0.0948. The van der Waals surface area contributed by atoms with Crippen molar-refractivity contribution in [2.75, 3.05) is 13.2 Å². The Morgan fingerprint density at radius 1 is 1.11 bits per heavy atom. The first-order valence-electron chi connectivity index (χ1n) is 9.50. The number of ether oxygens (including phenoxy) is 1. The number of nitrogens with zero attached hydrogens (tertiary/aromatic N) is 2. The zero-order valence-electron chi connectivity index (χ0n) is 15.6. The number of fused-ring (bicyclic) bond motifs is 4. The van der Waals surface area contributed by atoms with Crippen molar-refractivity contribution in [2.45, 2.75) is 18.9 Å². The quantitative estimate of drug-likeness (QED) is 0.749. The second-order valence-electron chi connectivity index (χ2n) is 7.41. The molecule has 0 spiro atoms. The molecule has 142 valence electrons. The van der Waals surface area contributed by atoms with Gasteiger partial charge in [-0.25, -0.2) is 4.79 Å². The van der Waals surface area contributed by atoms with E-state index in [1.165, 1.54) is 26.9 Å². The third kappa shape index (κ3) is 2.56. The smallest absolute Gasteiger partial charge is 0.410 e. The fraction of sp³-hybridized carbons (Fsp3) is 0.273. The van der Waals surface area contributed by atoms with Gasteiger partial charge in [-0.1, -0.05) is 48.5 Å². The number of hydrogen-bond donors (Lipinski definition) is 1. The first kappa shape index (κ1) is 16.9. The number of benzene rings is 2. The van der Waals surface area contributed by atoms with E-state index in [-0.39, 0.29) is 17.6 Å². The molecule has 2 heterocycles. The number of rotatable bonds is 2. The minimum atomic E-state index is -0.336. The number of nitrogens with one attached hydrogen (secondary N) is 1. The fourth-order valence-corrected chi connectivity index (χ4v) is 4.40. The Labute approximate surface area is 162 Å². The number of H-pyrrole nitrogens is 1. The number of amides is 1. The molecule has 28 heavy (non-hydrogen) atoms. The minimum Gasteiger partial charge on any atom is -0.448 e. The number of hydrogen-bond acceptors (Lipinski definition) is 3. The molecular weight excluding hydrogens is 354 g/mol. The van der Waals surface area contributed by atoms with Crippen molar-refractivity contribution < 1.29 is 9.53 Å². The molecule has 0 fully saturated rings. The van der Waals surface area contributed by atoms with Crippen molar-refractivity contribution in [1.29, 1.82) is 0 Å². The Morgan fingerprint density at radius 2 is 1.75 bits per heavy atom. The summed E-state index contributed by atoms with van der Waals surface area (Å²) in [5.74, 6) is 0.0493. The predicted octanol–water partition coefficient (Wildman–Crippen LogP) is 3.02. The van der Waals surface area contributed by atoms with Gasteiger partial charge < -0.3 is 9.64 Å². The first-order chi connectivity index (χ1) is 13.6. The molecule has 3 aromatic rings. The van der Waals surface area contributed by atoms with Crippen LogP contribution in [0.5, 0.6) is 0 Å². The third-order valence-corrected chi connectivity index (χ3v) is 5.80. The van der Waals surface area contributed by atoms with Gasteiger partial charge in [-0.3, -0.25) is 14.6 Å². The minimum absolute atomic E-state index is 0.0119. The van der Waals surface area contributed by atoms with Gasteiger partial charge in [-0.15, -0.1) is 0 Å². The maximum atomic E-state index is 12.7. The zero-order chi connectivity index (χ0) is 19.3. The second-order valence-corrected chi connectivity index (χ2v) is 7.41. The highest BCUT2D eigenvalue weighted by atomic mass is 16.6. The Hall–Kier alpha value is -3.28. The van der Waals surface area contributed by atoms with Crippen molar-refractivity contribution in [3.63, 3.8) is 0 Å². The summed E-state index contributed by atoms with van der Waals surface area (Å²) in [6.07, 6.45) is 0.215. The van der Waals surface area contributed by atoms with E-state index in [1.54, 1.807) is 11.9 Å². The Balaban J connectivity index is 1.33. The highest BCUT2D eigenvalue weighted by Gasteiger charge is 2.31. The molecule has 1 aliphatic heterocycles. The molecular formula is C22H21N3O3. The Kier molecular flexibility index (Phi) is 3.86. The van der Waals surface area contributed by atoms with Gasteiger partial charge in [-0.2, -0.15) is 0 Å². The number of aromatic nitrogens is 2. The van der Waals surface area contributed by atoms with Gasteiger partial charge in [0, 0.05) is 25.1 Å². The van der Waals surface area contributed by atoms with Gasteiger partial charge in [0.25, 0.3) is 5.56 Å². The van der Waals surface area contributed by atoms with E-state index >= 15 is 0 Å². The summed E-state index contributed by atoms with van der Waals surface area (Å²) in [4.78, 5) is 26.4. The molecule has 6 heteroatoms. The average molecular weight is 375 g/mol. The van der Waals surface area contributed by atoms with E-state index in [0.29, 0.717) is 26.1 Å². The van der Waals surface area contributed by atoms with Crippen LogP contribution in [0.15, 0.2) is 53.3 Å². The van der Waals surface area contributed by atoms with Crippen LogP contribution in [0.25, 0.3) is 11.1 Å². The number of carbonyl (C=O) groups excluding carboxylic acids is 1. The molecule has 6 nitrogen and oxygen atoms in total. The van der Waals surface area contributed by atoms with Crippen LogP contribution in [-0.4, -0.2) is 33.9 Å². The van der Waals surface area contributed by atoms with Crippen molar-refractivity contribution in [3.8, 4) is 11.1 Å². The molecule has 0 bridgehead atoms. The summed E-state index contributed by atoms with van der Waals surface area (Å²) in [6.45, 7) is 1.18. The maximum absolute atomic E-state index is 12.7. The van der Waals surface area contributed by atoms with E-state index in [2.05, 4.69) is 29.4 Å². The summed E-state index contributed by atoms with van der Waals surface area (Å²) in [6, 6.07) is 16.6. The van der Waals surface area contributed by atoms with Crippen LogP contribution in [-0.2, 0) is 24.8 Å². The van der Waals surface area contributed by atoms with Crippen molar-refractivity contribution in [3.05, 3.63) is 81.3 Å². The molecule has 2 aromatic carbocycles. The molecule has 0 atom stereocenters. The lowest BCUT2D eigenvalue weighted by Crippen LogP contribution is -2.37. The highest BCUT2D eigenvalue weighted by molar-refractivity contribution is 5.79. The Bertz CT molecular complexity index is 1080. The normalized spacial score (nSPS) is 15.1. The second kappa shape index (κ2) is 6.41. The average Bonchev–Trinajstić information content (AvgIpc) is 3.20. The zero-order valence-corrected chi connectivity index (χ0v) is 15.6. The molecule has 5 rings (SSSR count).